The predicted octanol–water partition coefficient (Wildman–Crippen LogP) is 7.71. The van der Waals surface area contributed by atoms with Crippen molar-refractivity contribution in [3.05, 3.63) is 131 Å². The van der Waals surface area contributed by atoms with Gasteiger partial charge in [-0.15, -0.1) is 0 Å². The lowest BCUT2D eigenvalue weighted by molar-refractivity contribution is 0.0866. The van der Waals surface area contributed by atoms with Gasteiger partial charge in [-0.25, -0.2) is 4.79 Å². The number of benzene rings is 4. The van der Waals surface area contributed by atoms with E-state index in [0.717, 1.165) is 30.4 Å². The third-order valence-electron chi connectivity index (χ3n) is 8.65. The van der Waals surface area contributed by atoms with E-state index in [1.165, 1.54) is 27.8 Å². The number of ether oxygens (including phenoxy) is 2. The minimum atomic E-state index is -0.235. The summed E-state index contributed by atoms with van der Waals surface area (Å²) in [4.78, 5) is 15.4. The first-order valence-electron chi connectivity index (χ1n) is 14.2. The molecule has 202 valence electrons. The largest absolute Gasteiger partial charge is 0.488 e. The lowest BCUT2D eigenvalue weighted by Crippen LogP contribution is -2.43. The summed E-state index contributed by atoms with van der Waals surface area (Å²) >= 11 is 0. The van der Waals surface area contributed by atoms with Crippen LogP contribution in [-0.4, -0.2) is 29.7 Å². The molecule has 2 aliphatic heterocycles. The van der Waals surface area contributed by atoms with E-state index in [1.807, 2.05) is 53.4 Å². The fourth-order valence-electron chi connectivity index (χ4n) is 6.67. The molecule has 1 amide bonds. The third kappa shape index (κ3) is 4.66. The van der Waals surface area contributed by atoms with Gasteiger partial charge in [0.2, 0.25) is 0 Å². The highest BCUT2D eigenvalue weighted by Gasteiger charge is 2.41. The van der Waals surface area contributed by atoms with Gasteiger partial charge in [-0.3, -0.25) is 4.90 Å². The van der Waals surface area contributed by atoms with Crippen molar-refractivity contribution in [3.8, 4) is 22.9 Å². The summed E-state index contributed by atoms with van der Waals surface area (Å²) in [5.41, 5.74) is 8.69. The van der Waals surface area contributed by atoms with E-state index >= 15 is 0 Å². The molecule has 5 nitrogen and oxygen atoms in total. The summed E-state index contributed by atoms with van der Waals surface area (Å²) in [5.74, 6) is 0.633. The van der Waals surface area contributed by atoms with Gasteiger partial charge in [0.05, 0.1) is 11.6 Å². The van der Waals surface area contributed by atoms with Crippen molar-refractivity contribution in [3.63, 3.8) is 0 Å². The standard InChI is InChI=1S/C36H30N2O3/c37-21-26-15-14-25(20-35(26)40-22-24-8-2-1-3-9-24)27-18-28-16-17-29(19-27)38(28)36(39)41-23-34-32-12-6-4-10-30(32)31-11-5-7-13-33(31)34/h1-15,18,20,28-29,34H,16-17,19,22-23H2. The SMILES string of the molecule is N#Cc1ccc(C2=CC3CCC(C2)N3C(=O)OCC2c3ccccc3-c3ccccc32)cc1OCc1ccccc1. The number of nitriles is 1. The number of fused-ring (bicyclic) bond motifs is 5. The number of carbonyl (C=O) groups is 1. The van der Waals surface area contributed by atoms with Gasteiger partial charge >= 0.3 is 6.09 Å². The number of hydrogen-bond acceptors (Lipinski definition) is 4. The quantitative estimate of drug-likeness (QED) is 0.252. The molecule has 1 saturated heterocycles. The molecule has 0 N–H and O–H groups in total. The smallest absolute Gasteiger partial charge is 0.410 e. The molecular weight excluding hydrogens is 508 g/mol. The second-order valence-corrected chi connectivity index (χ2v) is 11.0. The van der Waals surface area contributed by atoms with Gasteiger partial charge in [0.25, 0.3) is 0 Å². The average molecular weight is 539 g/mol. The number of rotatable bonds is 6. The second kappa shape index (κ2) is 10.6. The maximum atomic E-state index is 13.5. The zero-order chi connectivity index (χ0) is 27.8. The van der Waals surface area contributed by atoms with E-state index in [-0.39, 0.29) is 24.1 Å². The molecule has 1 fully saturated rings. The highest BCUT2D eigenvalue weighted by molar-refractivity contribution is 5.79. The number of hydrogen-bond donors (Lipinski definition) is 0. The van der Waals surface area contributed by atoms with Crippen LogP contribution in [0.15, 0.2) is 103 Å². The molecule has 0 radical (unpaired) electrons. The molecule has 0 spiro atoms. The van der Waals surface area contributed by atoms with Gasteiger partial charge in [-0.2, -0.15) is 5.26 Å². The monoisotopic (exact) mass is 538 g/mol. The van der Waals surface area contributed by atoms with Gasteiger partial charge in [-0.05, 0) is 70.3 Å². The summed E-state index contributed by atoms with van der Waals surface area (Å²) in [5, 5.41) is 9.64. The molecule has 0 saturated carbocycles. The minimum Gasteiger partial charge on any atom is -0.488 e. The normalized spacial score (nSPS) is 18.7. The van der Waals surface area contributed by atoms with Gasteiger partial charge in [0.15, 0.2) is 0 Å². The van der Waals surface area contributed by atoms with Crippen molar-refractivity contribution < 1.29 is 14.3 Å². The molecule has 0 aromatic heterocycles. The predicted molar refractivity (Wildman–Crippen MR) is 158 cm³/mol. The number of carbonyl (C=O) groups excluding carboxylic acids is 1. The van der Waals surface area contributed by atoms with Gasteiger partial charge in [-0.1, -0.05) is 91.0 Å². The Morgan fingerprint density at radius 2 is 1.59 bits per heavy atom. The summed E-state index contributed by atoms with van der Waals surface area (Å²) in [6.45, 7) is 0.732. The van der Waals surface area contributed by atoms with Crippen molar-refractivity contribution in [1.82, 2.24) is 4.90 Å². The molecule has 4 aromatic rings. The summed E-state index contributed by atoms with van der Waals surface area (Å²) in [6, 6.07) is 34.9. The van der Waals surface area contributed by atoms with Crippen LogP contribution < -0.4 is 4.74 Å². The lowest BCUT2D eigenvalue weighted by Gasteiger charge is -2.33. The Hall–Kier alpha value is -4.82. The van der Waals surface area contributed by atoms with Crippen LogP contribution in [0.3, 0.4) is 0 Å². The van der Waals surface area contributed by atoms with Crippen LogP contribution in [0.2, 0.25) is 0 Å². The molecule has 3 aliphatic rings. The van der Waals surface area contributed by atoms with Crippen molar-refractivity contribution in [2.45, 2.75) is 43.9 Å². The molecule has 2 bridgehead atoms. The summed E-state index contributed by atoms with van der Waals surface area (Å²) in [7, 11) is 0. The first-order chi connectivity index (χ1) is 20.2. The molecule has 1 aliphatic carbocycles. The molecule has 41 heavy (non-hydrogen) atoms. The maximum absolute atomic E-state index is 13.5. The molecule has 7 rings (SSSR count). The molecule has 4 aromatic carbocycles. The summed E-state index contributed by atoms with van der Waals surface area (Å²) < 4.78 is 12.1. The van der Waals surface area contributed by atoms with E-state index < -0.39 is 0 Å². The number of amides is 1. The Morgan fingerprint density at radius 3 is 2.29 bits per heavy atom. The summed E-state index contributed by atoms with van der Waals surface area (Å²) in [6.07, 6.45) is 4.59. The van der Waals surface area contributed by atoms with Crippen molar-refractivity contribution >= 4 is 11.7 Å². The van der Waals surface area contributed by atoms with E-state index in [2.05, 4.69) is 60.7 Å². The van der Waals surface area contributed by atoms with Crippen LogP contribution in [0, 0.1) is 11.3 Å². The van der Waals surface area contributed by atoms with Gasteiger partial charge in [0.1, 0.15) is 25.0 Å². The molecule has 2 atom stereocenters. The minimum absolute atomic E-state index is 0.00345. The first-order valence-corrected chi connectivity index (χ1v) is 14.2. The Bertz CT molecular complexity index is 1640. The van der Waals surface area contributed by atoms with E-state index in [1.54, 1.807) is 0 Å². The molecule has 5 heteroatoms. The van der Waals surface area contributed by atoms with E-state index in [4.69, 9.17) is 9.47 Å². The fourth-order valence-corrected chi connectivity index (χ4v) is 6.67. The highest BCUT2D eigenvalue weighted by Crippen LogP contribution is 2.45. The van der Waals surface area contributed by atoms with Gasteiger partial charge in [0, 0.05) is 12.0 Å². The Labute approximate surface area is 240 Å². The topological polar surface area (TPSA) is 62.6 Å². The Balaban J connectivity index is 1.06. The van der Waals surface area contributed by atoms with Crippen molar-refractivity contribution in [1.29, 1.82) is 5.26 Å². The van der Waals surface area contributed by atoms with E-state index in [0.29, 0.717) is 24.5 Å². The zero-order valence-corrected chi connectivity index (χ0v) is 22.7. The Morgan fingerprint density at radius 1 is 0.878 bits per heavy atom. The lowest BCUT2D eigenvalue weighted by atomic mass is 9.94. The third-order valence-corrected chi connectivity index (χ3v) is 8.65. The van der Waals surface area contributed by atoms with Crippen LogP contribution in [0.4, 0.5) is 4.79 Å². The highest BCUT2D eigenvalue weighted by atomic mass is 16.6. The number of nitrogens with zero attached hydrogens (tertiary/aromatic N) is 2. The second-order valence-electron chi connectivity index (χ2n) is 11.0. The van der Waals surface area contributed by atoms with Crippen LogP contribution >= 0.6 is 0 Å². The van der Waals surface area contributed by atoms with E-state index in [9.17, 15) is 10.1 Å². The van der Waals surface area contributed by atoms with Gasteiger partial charge < -0.3 is 9.47 Å². The molecular formula is C36H30N2O3. The maximum Gasteiger partial charge on any atom is 0.410 e. The fraction of sp³-hybridized carbons (Fsp3) is 0.222. The first kappa shape index (κ1) is 25.2. The molecule has 2 unspecified atom stereocenters. The van der Waals surface area contributed by atoms with Crippen molar-refractivity contribution in [2.75, 3.05) is 6.61 Å². The average Bonchev–Trinajstić information content (AvgIpc) is 3.49. The van der Waals surface area contributed by atoms with Crippen LogP contribution in [0.25, 0.3) is 16.7 Å². The molecule has 2 heterocycles. The zero-order valence-electron chi connectivity index (χ0n) is 22.7. The van der Waals surface area contributed by atoms with Crippen molar-refractivity contribution in [2.24, 2.45) is 0 Å². The van der Waals surface area contributed by atoms with Crippen LogP contribution in [0.5, 0.6) is 5.75 Å². The van der Waals surface area contributed by atoms with Crippen LogP contribution in [-0.2, 0) is 11.3 Å². The Kier molecular flexibility index (Phi) is 6.53. The van der Waals surface area contributed by atoms with Crippen LogP contribution in [0.1, 0.15) is 53.0 Å².